The van der Waals surface area contributed by atoms with Crippen molar-refractivity contribution in [1.82, 2.24) is 0 Å². The fraction of sp³-hybridized carbons (Fsp3) is 0.900. The first-order chi connectivity index (χ1) is 5.39. The van der Waals surface area contributed by atoms with Crippen molar-refractivity contribution in [3.8, 4) is 0 Å². The zero-order valence-electron chi connectivity index (χ0n) is 8.39. The molecule has 0 bridgehead atoms. The van der Waals surface area contributed by atoms with Crippen LogP contribution in [0.5, 0.6) is 0 Å². The molecule has 0 saturated carbocycles. The van der Waals surface area contributed by atoms with Crippen LogP contribution in [0.2, 0.25) is 0 Å². The summed E-state index contributed by atoms with van der Waals surface area (Å²) in [4.78, 5) is 11.1. The Bertz CT molecular complexity index is 179. The number of hydrogen-bond acceptors (Lipinski definition) is 2. The van der Waals surface area contributed by atoms with Gasteiger partial charge in [-0.05, 0) is 17.8 Å². The Morgan fingerprint density at radius 1 is 1.42 bits per heavy atom. The molecule has 2 heteroatoms. The SMILES string of the molecule is C[C@@H]1CC(=O)O[C@H](C(C)(C)C)C1. The van der Waals surface area contributed by atoms with Crippen molar-refractivity contribution in [3.05, 3.63) is 0 Å². The van der Waals surface area contributed by atoms with Gasteiger partial charge in [-0.2, -0.15) is 0 Å². The number of ether oxygens (including phenoxy) is 1. The lowest BCUT2D eigenvalue weighted by atomic mass is 9.81. The minimum atomic E-state index is -0.0336. The summed E-state index contributed by atoms with van der Waals surface area (Å²) < 4.78 is 5.28. The normalized spacial score (nSPS) is 31.5. The molecule has 0 amide bonds. The molecule has 1 saturated heterocycles. The third-order valence-corrected chi connectivity index (χ3v) is 2.37. The molecule has 70 valence electrons. The van der Waals surface area contributed by atoms with Crippen LogP contribution in [-0.2, 0) is 9.53 Å². The molecule has 1 aliphatic heterocycles. The fourth-order valence-corrected chi connectivity index (χ4v) is 1.52. The second kappa shape index (κ2) is 3.08. The lowest BCUT2D eigenvalue weighted by Crippen LogP contribution is -2.37. The first-order valence-electron chi connectivity index (χ1n) is 4.59. The summed E-state index contributed by atoms with van der Waals surface area (Å²) in [6, 6.07) is 0. The van der Waals surface area contributed by atoms with E-state index in [9.17, 15) is 4.79 Å². The van der Waals surface area contributed by atoms with Gasteiger partial charge in [0.15, 0.2) is 0 Å². The molecule has 0 unspecified atom stereocenters. The lowest BCUT2D eigenvalue weighted by molar-refractivity contribution is -0.163. The molecule has 1 rings (SSSR count). The molecule has 0 aliphatic carbocycles. The Balaban J connectivity index is 2.62. The molecule has 0 N–H and O–H groups in total. The maximum Gasteiger partial charge on any atom is 0.306 e. The molecular weight excluding hydrogens is 152 g/mol. The number of carbonyl (C=O) groups excluding carboxylic acids is 1. The van der Waals surface area contributed by atoms with Crippen LogP contribution in [-0.4, -0.2) is 12.1 Å². The van der Waals surface area contributed by atoms with Crippen LogP contribution < -0.4 is 0 Å². The molecule has 0 aromatic carbocycles. The maximum absolute atomic E-state index is 11.1. The molecule has 0 radical (unpaired) electrons. The molecule has 1 heterocycles. The van der Waals surface area contributed by atoms with Gasteiger partial charge in [0.05, 0.1) is 0 Å². The molecule has 12 heavy (non-hydrogen) atoms. The van der Waals surface area contributed by atoms with E-state index in [0.29, 0.717) is 12.3 Å². The van der Waals surface area contributed by atoms with Crippen molar-refractivity contribution < 1.29 is 9.53 Å². The van der Waals surface area contributed by atoms with Crippen molar-refractivity contribution >= 4 is 5.97 Å². The standard InChI is InChI=1S/C10H18O2/c1-7-5-8(10(2,3)4)12-9(11)6-7/h7-8H,5-6H2,1-4H3/t7-,8-/m0/s1. The van der Waals surface area contributed by atoms with Gasteiger partial charge in [-0.1, -0.05) is 27.7 Å². The number of cyclic esters (lactones) is 1. The van der Waals surface area contributed by atoms with Crippen molar-refractivity contribution in [3.63, 3.8) is 0 Å². The van der Waals surface area contributed by atoms with Gasteiger partial charge < -0.3 is 4.74 Å². The summed E-state index contributed by atoms with van der Waals surface area (Å²) in [6.07, 6.45) is 1.70. The van der Waals surface area contributed by atoms with Gasteiger partial charge in [-0.3, -0.25) is 4.79 Å². The highest BCUT2D eigenvalue weighted by Crippen LogP contribution is 2.32. The van der Waals surface area contributed by atoms with Crippen LogP contribution in [0.25, 0.3) is 0 Å². The molecule has 0 aromatic rings. The van der Waals surface area contributed by atoms with Crippen LogP contribution >= 0.6 is 0 Å². The Morgan fingerprint density at radius 2 is 2.00 bits per heavy atom. The quantitative estimate of drug-likeness (QED) is 0.522. The van der Waals surface area contributed by atoms with Gasteiger partial charge >= 0.3 is 5.97 Å². The van der Waals surface area contributed by atoms with E-state index in [0.717, 1.165) is 6.42 Å². The number of hydrogen-bond donors (Lipinski definition) is 0. The largest absolute Gasteiger partial charge is 0.462 e. The average molecular weight is 170 g/mol. The van der Waals surface area contributed by atoms with Gasteiger partial charge in [0.25, 0.3) is 0 Å². The van der Waals surface area contributed by atoms with Gasteiger partial charge in [-0.15, -0.1) is 0 Å². The van der Waals surface area contributed by atoms with Crippen LogP contribution in [0.1, 0.15) is 40.5 Å². The number of rotatable bonds is 0. The van der Waals surface area contributed by atoms with Crippen LogP contribution in [0, 0.1) is 11.3 Å². The lowest BCUT2D eigenvalue weighted by Gasteiger charge is -2.35. The highest BCUT2D eigenvalue weighted by molar-refractivity contribution is 5.70. The minimum Gasteiger partial charge on any atom is -0.462 e. The summed E-state index contributed by atoms with van der Waals surface area (Å²) in [7, 11) is 0. The zero-order chi connectivity index (χ0) is 9.35. The zero-order valence-corrected chi connectivity index (χ0v) is 8.39. The Hall–Kier alpha value is -0.530. The van der Waals surface area contributed by atoms with Crippen molar-refractivity contribution in [1.29, 1.82) is 0 Å². The Labute approximate surface area is 74.3 Å². The summed E-state index contributed by atoms with van der Waals surface area (Å²) >= 11 is 0. The molecule has 1 aliphatic rings. The highest BCUT2D eigenvalue weighted by Gasteiger charge is 2.34. The van der Waals surface area contributed by atoms with E-state index in [2.05, 4.69) is 27.7 Å². The first kappa shape index (κ1) is 9.56. The maximum atomic E-state index is 11.1. The third kappa shape index (κ3) is 2.23. The van der Waals surface area contributed by atoms with E-state index < -0.39 is 0 Å². The van der Waals surface area contributed by atoms with Gasteiger partial charge in [0.2, 0.25) is 0 Å². The highest BCUT2D eigenvalue weighted by atomic mass is 16.5. The first-order valence-corrected chi connectivity index (χ1v) is 4.59. The molecule has 2 nitrogen and oxygen atoms in total. The molecule has 0 spiro atoms. The van der Waals surface area contributed by atoms with E-state index in [1.54, 1.807) is 0 Å². The summed E-state index contributed by atoms with van der Waals surface area (Å²) in [5.74, 6) is 0.448. The Kier molecular flexibility index (Phi) is 2.45. The van der Waals surface area contributed by atoms with E-state index in [1.807, 2.05) is 0 Å². The Morgan fingerprint density at radius 3 is 2.42 bits per heavy atom. The molecule has 0 aromatic heterocycles. The third-order valence-electron chi connectivity index (χ3n) is 2.37. The minimum absolute atomic E-state index is 0.0336. The number of esters is 1. The fourth-order valence-electron chi connectivity index (χ4n) is 1.52. The van der Waals surface area contributed by atoms with Gasteiger partial charge in [0.1, 0.15) is 6.10 Å². The van der Waals surface area contributed by atoms with E-state index in [1.165, 1.54) is 0 Å². The van der Waals surface area contributed by atoms with Gasteiger partial charge in [0, 0.05) is 6.42 Å². The summed E-state index contributed by atoms with van der Waals surface area (Å²) in [6.45, 7) is 8.45. The molecule has 1 fully saturated rings. The van der Waals surface area contributed by atoms with Crippen molar-refractivity contribution in [2.75, 3.05) is 0 Å². The molecular formula is C10H18O2. The van der Waals surface area contributed by atoms with E-state index in [-0.39, 0.29) is 17.5 Å². The predicted molar refractivity (Wildman–Crippen MR) is 47.7 cm³/mol. The summed E-state index contributed by atoms with van der Waals surface area (Å²) in [5.41, 5.74) is 0.0876. The average Bonchev–Trinajstić information content (AvgIpc) is 1.82. The van der Waals surface area contributed by atoms with Crippen LogP contribution in [0.4, 0.5) is 0 Å². The van der Waals surface area contributed by atoms with Crippen LogP contribution in [0.3, 0.4) is 0 Å². The van der Waals surface area contributed by atoms with Crippen LogP contribution in [0.15, 0.2) is 0 Å². The number of carbonyl (C=O) groups is 1. The topological polar surface area (TPSA) is 26.3 Å². The van der Waals surface area contributed by atoms with E-state index in [4.69, 9.17) is 4.74 Å². The molecule has 2 atom stereocenters. The monoisotopic (exact) mass is 170 g/mol. The smallest absolute Gasteiger partial charge is 0.306 e. The van der Waals surface area contributed by atoms with Gasteiger partial charge in [-0.25, -0.2) is 0 Å². The van der Waals surface area contributed by atoms with E-state index >= 15 is 0 Å². The second-order valence-electron chi connectivity index (χ2n) is 4.89. The van der Waals surface area contributed by atoms with Crippen molar-refractivity contribution in [2.24, 2.45) is 11.3 Å². The second-order valence-corrected chi connectivity index (χ2v) is 4.89. The summed E-state index contributed by atoms with van der Waals surface area (Å²) in [5, 5.41) is 0. The predicted octanol–water partition coefficient (Wildman–Crippen LogP) is 2.37. The van der Waals surface area contributed by atoms with Crippen molar-refractivity contribution in [2.45, 2.75) is 46.6 Å².